The second-order valence-electron chi connectivity index (χ2n) is 4.15. The second-order valence-corrected chi connectivity index (χ2v) is 6.92. The SMILES string of the molecule is COC(=O)c1sccc1S(=O)(=O)N1CCOCC1C. The molecule has 1 aromatic rings. The van der Waals surface area contributed by atoms with Gasteiger partial charge >= 0.3 is 5.97 Å². The third kappa shape index (κ3) is 2.66. The molecule has 0 aliphatic carbocycles. The van der Waals surface area contributed by atoms with Crippen LogP contribution in [0.5, 0.6) is 0 Å². The molecular weight excluding hydrogens is 290 g/mol. The molecule has 1 atom stereocenters. The summed E-state index contributed by atoms with van der Waals surface area (Å²) in [7, 11) is -2.46. The van der Waals surface area contributed by atoms with E-state index in [2.05, 4.69) is 4.74 Å². The molecule has 0 radical (unpaired) electrons. The minimum absolute atomic E-state index is 0.0121. The molecule has 0 N–H and O–H groups in total. The Balaban J connectivity index is 2.39. The van der Waals surface area contributed by atoms with Gasteiger partial charge in [-0.3, -0.25) is 0 Å². The molecule has 2 heterocycles. The van der Waals surface area contributed by atoms with Crippen molar-refractivity contribution in [1.82, 2.24) is 4.31 Å². The number of esters is 1. The van der Waals surface area contributed by atoms with Crippen LogP contribution in [0.4, 0.5) is 0 Å². The zero-order valence-electron chi connectivity index (χ0n) is 10.7. The zero-order valence-corrected chi connectivity index (χ0v) is 12.3. The van der Waals surface area contributed by atoms with Crippen molar-refractivity contribution < 1.29 is 22.7 Å². The van der Waals surface area contributed by atoms with Crippen LogP contribution in [0.1, 0.15) is 16.6 Å². The summed E-state index contributed by atoms with van der Waals surface area (Å²) in [5.41, 5.74) is 0. The van der Waals surface area contributed by atoms with Gasteiger partial charge in [0.05, 0.1) is 20.3 Å². The van der Waals surface area contributed by atoms with Gasteiger partial charge in [-0.2, -0.15) is 4.31 Å². The van der Waals surface area contributed by atoms with Crippen molar-refractivity contribution in [3.8, 4) is 0 Å². The summed E-state index contributed by atoms with van der Waals surface area (Å²) in [5.74, 6) is -0.630. The molecule has 0 spiro atoms. The van der Waals surface area contributed by atoms with E-state index in [1.165, 1.54) is 17.5 Å². The Kier molecular flexibility index (Phi) is 4.24. The molecule has 0 saturated carbocycles. The lowest BCUT2D eigenvalue weighted by Crippen LogP contribution is -2.47. The summed E-state index contributed by atoms with van der Waals surface area (Å²) in [6.45, 7) is 2.79. The van der Waals surface area contributed by atoms with Crippen molar-refractivity contribution in [3.63, 3.8) is 0 Å². The fourth-order valence-electron chi connectivity index (χ4n) is 1.94. The van der Waals surface area contributed by atoms with E-state index >= 15 is 0 Å². The van der Waals surface area contributed by atoms with E-state index < -0.39 is 16.0 Å². The van der Waals surface area contributed by atoms with Gasteiger partial charge in [0.1, 0.15) is 9.77 Å². The quantitative estimate of drug-likeness (QED) is 0.777. The summed E-state index contributed by atoms with van der Waals surface area (Å²) < 4.78 is 36.3. The first kappa shape index (κ1) is 14.4. The van der Waals surface area contributed by atoms with Gasteiger partial charge < -0.3 is 9.47 Å². The van der Waals surface area contributed by atoms with Crippen molar-refractivity contribution >= 4 is 27.3 Å². The predicted molar refractivity (Wildman–Crippen MR) is 69.8 cm³/mol. The summed E-state index contributed by atoms with van der Waals surface area (Å²) in [5, 5.41) is 1.57. The zero-order chi connectivity index (χ0) is 14.0. The summed E-state index contributed by atoms with van der Waals surface area (Å²) in [6, 6.07) is 1.19. The highest BCUT2D eigenvalue weighted by Gasteiger charge is 2.35. The highest BCUT2D eigenvalue weighted by Crippen LogP contribution is 2.27. The number of hydrogen-bond donors (Lipinski definition) is 0. The number of hydrogen-bond acceptors (Lipinski definition) is 6. The van der Waals surface area contributed by atoms with Gasteiger partial charge in [0, 0.05) is 12.6 Å². The van der Waals surface area contributed by atoms with Gasteiger partial charge in [0.25, 0.3) is 0 Å². The number of carbonyl (C=O) groups excluding carboxylic acids is 1. The highest BCUT2D eigenvalue weighted by molar-refractivity contribution is 7.89. The van der Waals surface area contributed by atoms with E-state index in [0.717, 1.165) is 11.3 Å². The first-order valence-electron chi connectivity index (χ1n) is 5.74. The van der Waals surface area contributed by atoms with Crippen molar-refractivity contribution in [2.45, 2.75) is 17.9 Å². The Morgan fingerprint density at radius 2 is 2.32 bits per heavy atom. The second kappa shape index (κ2) is 5.58. The molecule has 1 fully saturated rings. The van der Waals surface area contributed by atoms with Gasteiger partial charge in [0.2, 0.25) is 10.0 Å². The molecule has 2 rings (SSSR count). The smallest absolute Gasteiger partial charge is 0.349 e. The topological polar surface area (TPSA) is 72.9 Å². The van der Waals surface area contributed by atoms with Gasteiger partial charge in [-0.25, -0.2) is 13.2 Å². The van der Waals surface area contributed by atoms with Crippen molar-refractivity contribution in [2.24, 2.45) is 0 Å². The minimum Gasteiger partial charge on any atom is -0.465 e. The molecule has 1 aliphatic rings. The van der Waals surface area contributed by atoms with Gasteiger partial charge in [0.15, 0.2) is 0 Å². The van der Waals surface area contributed by atoms with Crippen LogP contribution in [0.15, 0.2) is 16.3 Å². The Morgan fingerprint density at radius 3 is 2.95 bits per heavy atom. The predicted octanol–water partition coefficient (Wildman–Crippen LogP) is 0.944. The van der Waals surface area contributed by atoms with Gasteiger partial charge in [-0.15, -0.1) is 11.3 Å². The van der Waals surface area contributed by atoms with Crippen LogP contribution < -0.4 is 0 Å². The van der Waals surface area contributed by atoms with E-state index in [9.17, 15) is 13.2 Å². The van der Waals surface area contributed by atoms with Crippen LogP contribution in [0.2, 0.25) is 0 Å². The number of methoxy groups -OCH3 is 1. The summed E-state index contributed by atoms with van der Waals surface area (Å²) in [4.78, 5) is 11.7. The molecular formula is C11H15NO5S2. The van der Waals surface area contributed by atoms with Crippen LogP contribution in [0.25, 0.3) is 0 Å². The maximum atomic E-state index is 12.6. The Labute approximate surface area is 116 Å². The standard InChI is InChI=1S/C11H15NO5S2/c1-8-7-17-5-4-12(8)19(14,15)9-3-6-18-10(9)11(13)16-2/h3,6,8H,4-5,7H2,1-2H3. The lowest BCUT2D eigenvalue weighted by molar-refractivity contribution is 0.0392. The number of morpholine rings is 1. The van der Waals surface area contributed by atoms with Crippen LogP contribution in [0.3, 0.4) is 0 Å². The summed E-state index contributed by atoms with van der Waals surface area (Å²) >= 11 is 1.06. The lowest BCUT2D eigenvalue weighted by atomic mass is 10.3. The van der Waals surface area contributed by atoms with Crippen molar-refractivity contribution in [3.05, 3.63) is 16.3 Å². The molecule has 1 saturated heterocycles. The number of nitrogens with zero attached hydrogens (tertiary/aromatic N) is 1. The number of rotatable bonds is 3. The fourth-order valence-corrected chi connectivity index (χ4v) is 4.85. The minimum atomic E-state index is -3.69. The molecule has 19 heavy (non-hydrogen) atoms. The van der Waals surface area contributed by atoms with Crippen LogP contribution in [0, 0.1) is 0 Å². The van der Waals surface area contributed by atoms with Gasteiger partial charge in [-0.05, 0) is 18.4 Å². The van der Waals surface area contributed by atoms with Gasteiger partial charge in [-0.1, -0.05) is 0 Å². The third-order valence-corrected chi connectivity index (χ3v) is 5.97. The van der Waals surface area contributed by atoms with Crippen LogP contribution in [-0.4, -0.2) is 51.6 Å². The normalized spacial score (nSPS) is 21.3. The Morgan fingerprint density at radius 1 is 1.58 bits per heavy atom. The first-order chi connectivity index (χ1) is 8.98. The number of carbonyl (C=O) groups is 1. The van der Waals surface area contributed by atoms with E-state index in [4.69, 9.17) is 4.74 Å². The highest BCUT2D eigenvalue weighted by atomic mass is 32.2. The number of sulfonamides is 1. The molecule has 106 valence electrons. The van der Waals surface area contributed by atoms with Crippen LogP contribution >= 0.6 is 11.3 Å². The lowest BCUT2D eigenvalue weighted by Gasteiger charge is -2.32. The molecule has 6 nitrogen and oxygen atoms in total. The molecule has 0 aromatic carbocycles. The Bertz CT molecular complexity index is 565. The third-order valence-electron chi connectivity index (χ3n) is 2.89. The maximum Gasteiger partial charge on any atom is 0.349 e. The fraction of sp³-hybridized carbons (Fsp3) is 0.545. The van der Waals surface area contributed by atoms with E-state index in [1.807, 2.05) is 0 Å². The molecule has 0 bridgehead atoms. The van der Waals surface area contributed by atoms with E-state index in [1.54, 1.807) is 12.3 Å². The van der Waals surface area contributed by atoms with Crippen molar-refractivity contribution in [1.29, 1.82) is 0 Å². The monoisotopic (exact) mass is 305 g/mol. The number of thiophene rings is 1. The molecule has 1 unspecified atom stereocenters. The Hall–Kier alpha value is -0.960. The average molecular weight is 305 g/mol. The average Bonchev–Trinajstić information content (AvgIpc) is 2.88. The maximum absolute atomic E-state index is 12.6. The number of ether oxygens (including phenoxy) is 2. The van der Waals surface area contributed by atoms with Crippen molar-refractivity contribution in [2.75, 3.05) is 26.9 Å². The largest absolute Gasteiger partial charge is 0.465 e. The molecule has 0 amide bonds. The van der Waals surface area contributed by atoms with Crippen LogP contribution in [-0.2, 0) is 19.5 Å². The van der Waals surface area contributed by atoms with E-state index in [-0.39, 0.29) is 15.8 Å². The molecule has 1 aliphatic heterocycles. The molecule has 8 heteroatoms. The van der Waals surface area contributed by atoms with E-state index in [0.29, 0.717) is 19.8 Å². The first-order valence-corrected chi connectivity index (χ1v) is 8.06. The molecule has 1 aromatic heterocycles. The summed E-state index contributed by atoms with van der Waals surface area (Å²) in [6.07, 6.45) is 0.